The first kappa shape index (κ1) is 23.9. The first-order chi connectivity index (χ1) is 12.2. The summed E-state index contributed by atoms with van der Waals surface area (Å²) in [6.45, 7) is 6.64. The topological polar surface area (TPSA) is 116 Å². The second kappa shape index (κ2) is 13.1. The zero-order valence-corrected chi connectivity index (χ0v) is 16.0. The minimum atomic E-state index is -1.07. The van der Waals surface area contributed by atoms with Gasteiger partial charge in [-0.1, -0.05) is 13.8 Å². The van der Waals surface area contributed by atoms with E-state index in [1.54, 1.807) is 6.92 Å². The van der Waals surface area contributed by atoms with Crippen LogP contribution in [0.1, 0.15) is 72.6 Å². The molecule has 3 unspecified atom stereocenters. The normalized spacial score (nSPS) is 14.0. The van der Waals surface area contributed by atoms with Crippen molar-refractivity contribution in [3.63, 3.8) is 0 Å². The summed E-state index contributed by atoms with van der Waals surface area (Å²) >= 11 is 0. The number of carboxylic acids is 1. The lowest BCUT2D eigenvalue weighted by Crippen LogP contribution is -2.34. The predicted octanol–water partition coefficient (Wildman–Crippen LogP) is 2.82. The molecule has 0 radical (unpaired) electrons. The number of carboxylic acid groups (broad SMARTS) is 1. The summed E-state index contributed by atoms with van der Waals surface area (Å²) in [6.07, 6.45) is 0.139. The average Bonchev–Trinajstić information content (AvgIpc) is 2.50. The molecule has 3 atom stereocenters. The lowest BCUT2D eigenvalue weighted by molar-refractivity contribution is -0.190. The monoisotopic (exact) mass is 374 g/mol. The number of carbonyl (C=O) groups is 4. The Morgan fingerprint density at radius 1 is 0.846 bits per heavy atom. The van der Waals surface area contributed by atoms with Gasteiger partial charge < -0.3 is 19.3 Å². The fourth-order valence-corrected chi connectivity index (χ4v) is 2.29. The van der Waals surface area contributed by atoms with Crippen LogP contribution in [0.15, 0.2) is 0 Å². The molecular weight excluding hydrogens is 344 g/mol. The van der Waals surface area contributed by atoms with Crippen LogP contribution in [-0.4, -0.2) is 41.4 Å². The quantitative estimate of drug-likeness (QED) is 0.386. The van der Waals surface area contributed by atoms with Crippen LogP contribution in [0.25, 0.3) is 0 Å². The molecule has 0 saturated heterocycles. The van der Waals surface area contributed by atoms with Gasteiger partial charge in [-0.2, -0.15) is 0 Å². The SMILES string of the molecule is CCCC(=O)OC(C)OC(=O)C(CCCC(=O)O)C(C)OC(=O)CCC. The van der Waals surface area contributed by atoms with Gasteiger partial charge in [0.1, 0.15) is 6.10 Å². The molecule has 8 nitrogen and oxygen atoms in total. The minimum Gasteiger partial charge on any atom is -0.481 e. The predicted molar refractivity (Wildman–Crippen MR) is 92.0 cm³/mol. The summed E-state index contributed by atoms with van der Waals surface area (Å²) in [5.41, 5.74) is 0. The van der Waals surface area contributed by atoms with Crippen LogP contribution in [0.4, 0.5) is 0 Å². The third kappa shape index (κ3) is 10.7. The van der Waals surface area contributed by atoms with E-state index in [4.69, 9.17) is 19.3 Å². The Morgan fingerprint density at radius 3 is 1.88 bits per heavy atom. The highest BCUT2D eigenvalue weighted by molar-refractivity contribution is 5.75. The van der Waals surface area contributed by atoms with Crippen LogP contribution >= 0.6 is 0 Å². The molecule has 0 aromatic carbocycles. The molecule has 0 rings (SSSR count). The maximum atomic E-state index is 12.4. The molecule has 0 aromatic heterocycles. The van der Waals surface area contributed by atoms with Crippen LogP contribution in [0.2, 0.25) is 0 Å². The lowest BCUT2D eigenvalue weighted by atomic mass is 9.96. The van der Waals surface area contributed by atoms with Gasteiger partial charge in [-0.05, 0) is 32.6 Å². The van der Waals surface area contributed by atoms with Crippen molar-refractivity contribution >= 4 is 23.9 Å². The van der Waals surface area contributed by atoms with E-state index in [0.717, 1.165) is 0 Å². The van der Waals surface area contributed by atoms with Gasteiger partial charge >= 0.3 is 23.9 Å². The molecule has 8 heteroatoms. The highest BCUT2D eigenvalue weighted by Crippen LogP contribution is 2.20. The number of hydrogen-bond acceptors (Lipinski definition) is 7. The number of hydrogen-bond donors (Lipinski definition) is 1. The molecular formula is C18H30O8. The van der Waals surface area contributed by atoms with Gasteiger partial charge in [0.05, 0.1) is 5.92 Å². The highest BCUT2D eigenvalue weighted by atomic mass is 16.7. The van der Waals surface area contributed by atoms with E-state index in [1.165, 1.54) is 6.92 Å². The zero-order valence-electron chi connectivity index (χ0n) is 16.0. The maximum Gasteiger partial charge on any atom is 0.315 e. The fraction of sp³-hybridized carbons (Fsp3) is 0.778. The van der Waals surface area contributed by atoms with Crippen LogP contribution < -0.4 is 0 Å². The van der Waals surface area contributed by atoms with Crippen LogP contribution in [0.5, 0.6) is 0 Å². The minimum absolute atomic E-state index is 0.111. The lowest BCUT2D eigenvalue weighted by Gasteiger charge is -2.24. The Kier molecular flexibility index (Phi) is 12.1. The highest BCUT2D eigenvalue weighted by Gasteiger charge is 2.31. The number of aliphatic carboxylic acids is 1. The van der Waals surface area contributed by atoms with Crippen molar-refractivity contribution in [1.82, 2.24) is 0 Å². The van der Waals surface area contributed by atoms with Crippen molar-refractivity contribution in [2.45, 2.75) is 85.0 Å². The van der Waals surface area contributed by atoms with Gasteiger partial charge in [0, 0.05) is 26.2 Å². The Labute approximate surface area is 154 Å². The molecule has 0 amide bonds. The molecule has 1 N–H and O–H groups in total. The third-order valence-electron chi connectivity index (χ3n) is 3.58. The molecule has 0 aromatic rings. The van der Waals surface area contributed by atoms with E-state index < -0.39 is 42.2 Å². The van der Waals surface area contributed by atoms with E-state index in [0.29, 0.717) is 12.8 Å². The van der Waals surface area contributed by atoms with Gasteiger partial charge in [-0.3, -0.25) is 19.2 Å². The van der Waals surface area contributed by atoms with E-state index in [9.17, 15) is 19.2 Å². The van der Waals surface area contributed by atoms with Crippen molar-refractivity contribution in [3.05, 3.63) is 0 Å². The van der Waals surface area contributed by atoms with Gasteiger partial charge in [-0.15, -0.1) is 0 Å². The van der Waals surface area contributed by atoms with Crippen LogP contribution in [0.3, 0.4) is 0 Å². The molecule has 0 fully saturated rings. The molecule has 0 saturated carbocycles. The summed E-state index contributed by atoms with van der Waals surface area (Å²) in [6, 6.07) is 0. The van der Waals surface area contributed by atoms with Gasteiger partial charge in [0.25, 0.3) is 0 Å². The molecule has 0 aliphatic heterocycles. The van der Waals surface area contributed by atoms with Crippen molar-refractivity contribution in [2.24, 2.45) is 5.92 Å². The molecule has 0 aliphatic carbocycles. The van der Waals surface area contributed by atoms with Crippen LogP contribution in [0, 0.1) is 5.92 Å². The first-order valence-corrected chi connectivity index (χ1v) is 9.02. The van der Waals surface area contributed by atoms with E-state index >= 15 is 0 Å². The maximum absolute atomic E-state index is 12.4. The molecule has 150 valence electrons. The van der Waals surface area contributed by atoms with E-state index in [1.807, 2.05) is 13.8 Å². The fourth-order valence-electron chi connectivity index (χ4n) is 2.29. The Balaban J connectivity index is 4.83. The van der Waals surface area contributed by atoms with Crippen molar-refractivity contribution < 1.29 is 38.5 Å². The van der Waals surface area contributed by atoms with Crippen molar-refractivity contribution in [2.75, 3.05) is 0 Å². The average molecular weight is 374 g/mol. The second-order valence-electron chi connectivity index (χ2n) is 6.08. The van der Waals surface area contributed by atoms with Crippen molar-refractivity contribution in [3.8, 4) is 0 Å². The zero-order chi connectivity index (χ0) is 20.1. The number of esters is 3. The van der Waals surface area contributed by atoms with Gasteiger partial charge in [0.15, 0.2) is 0 Å². The second-order valence-corrected chi connectivity index (χ2v) is 6.08. The summed E-state index contributed by atoms with van der Waals surface area (Å²) in [7, 11) is 0. The molecule has 0 aliphatic rings. The standard InChI is InChI=1S/C18H30O8/c1-5-8-16(21)24-12(3)14(10-7-11-15(19)20)18(23)26-13(4)25-17(22)9-6-2/h12-14H,5-11H2,1-4H3,(H,19,20). The Hall–Kier alpha value is -2.12. The number of rotatable bonds is 13. The van der Waals surface area contributed by atoms with E-state index in [2.05, 4.69) is 0 Å². The largest absolute Gasteiger partial charge is 0.481 e. The number of ether oxygens (including phenoxy) is 3. The summed E-state index contributed by atoms with van der Waals surface area (Å²) in [4.78, 5) is 46.2. The van der Waals surface area contributed by atoms with Gasteiger partial charge in [0.2, 0.25) is 6.29 Å². The Bertz CT molecular complexity index is 474. The van der Waals surface area contributed by atoms with E-state index in [-0.39, 0.29) is 32.1 Å². The molecule has 26 heavy (non-hydrogen) atoms. The van der Waals surface area contributed by atoms with Crippen LogP contribution in [-0.2, 0) is 33.4 Å². The molecule has 0 heterocycles. The molecule has 0 spiro atoms. The van der Waals surface area contributed by atoms with Crippen molar-refractivity contribution in [1.29, 1.82) is 0 Å². The first-order valence-electron chi connectivity index (χ1n) is 9.02. The summed E-state index contributed by atoms with van der Waals surface area (Å²) < 4.78 is 15.3. The Morgan fingerprint density at radius 2 is 1.38 bits per heavy atom. The summed E-state index contributed by atoms with van der Waals surface area (Å²) in [5, 5.41) is 8.76. The smallest absolute Gasteiger partial charge is 0.315 e. The summed E-state index contributed by atoms with van der Waals surface area (Å²) in [5.74, 6) is -3.41. The number of carbonyl (C=O) groups excluding carboxylic acids is 3. The third-order valence-corrected chi connectivity index (χ3v) is 3.58. The van der Waals surface area contributed by atoms with Gasteiger partial charge in [-0.25, -0.2) is 0 Å². The molecule has 0 bridgehead atoms.